The van der Waals surface area contributed by atoms with Crippen LogP contribution in [0.15, 0.2) is 78.9 Å². The third-order valence-electron chi connectivity index (χ3n) is 4.39. The van der Waals surface area contributed by atoms with Crippen molar-refractivity contribution in [3.63, 3.8) is 0 Å². The summed E-state index contributed by atoms with van der Waals surface area (Å²) in [6.45, 7) is 1.71. The normalized spacial score (nSPS) is 11.4. The minimum Gasteiger partial charge on any atom is -0.482 e. The lowest BCUT2D eigenvalue weighted by molar-refractivity contribution is -0.156. The molecular formula is C24H22FNO4. The first kappa shape index (κ1) is 21.0. The van der Waals surface area contributed by atoms with Crippen molar-refractivity contribution in [2.24, 2.45) is 0 Å². The lowest BCUT2D eigenvalue weighted by Gasteiger charge is -2.18. The predicted octanol–water partition coefficient (Wildman–Crippen LogP) is 4.69. The highest BCUT2D eigenvalue weighted by Crippen LogP contribution is 2.21. The van der Waals surface area contributed by atoms with Crippen LogP contribution in [0.2, 0.25) is 0 Å². The van der Waals surface area contributed by atoms with Crippen LogP contribution in [0.5, 0.6) is 5.75 Å². The summed E-state index contributed by atoms with van der Waals surface area (Å²) in [5.41, 5.74) is 2.06. The van der Waals surface area contributed by atoms with Crippen molar-refractivity contribution in [1.82, 2.24) is 0 Å². The summed E-state index contributed by atoms with van der Waals surface area (Å²) in [6, 6.07) is 21.4. The first-order valence-electron chi connectivity index (χ1n) is 9.57. The minimum atomic E-state index is -1.17. The van der Waals surface area contributed by atoms with Gasteiger partial charge in [-0.05, 0) is 48.4 Å². The number of amides is 1. The number of hydrogen-bond acceptors (Lipinski definition) is 4. The van der Waals surface area contributed by atoms with Crippen LogP contribution in [0.4, 0.5) is 10.1 Å². The standard InChI is InChI=1S/C24H22FNO4/c1-2-17-8-14-21(15-9-17)29-16-22(27)30-23(18-6-4-3-5-7-18)24(28)26-20-12-10-19(25)11-13-20/h3-15,23H,2,16H2,1H3,(H,26,28)/t23-/m1/s1. The molecule has 0 aliphatic rings. The zero-order valence-electron chi connectivity index (χ0n) is 16.5. The second-order valence-corrected chi connectivity index (χ2v) is 6.56. The van der Waals surface area contributed by atoms with Crippen molar-refractivity contribution in [2.75, 3.05) is 11.9 Å². The highest BCUT2D eigenvalue weighted by molar-refractivity contribution is 5.96. The van der Waals surface area contributed by atoms with Gasteiger partial charge in [0, 0.05) is 11.3 Å². The number of hydrogen-bond donors (Lipinski definition) is 1. The molecule has 3 aromatic rings. The molecule has 6 heteroatoms. The molecule has 154 valence electrons. The van der Waals surface area contributed by atoms with Gasteiger partial charge in [-0.25, -0.2) is 9.18 Å². The van der Waals surface area contributed by atoms with Gasteiger partial charge in [0.2, 0.25) is 6.10 Å². The maximum absolute atomic E-state index is 13.1. The third-order valence-corrected chi connectivity index (χ3v) is 4.39. The van der Waals surface area contributed by atoms with Crippen LogP contribution in [0.1, 0.15) is 24.2 Å². The van der Waals surface area contributed by atoms with Gasteiger partial charge in [-0.3, -0.25) is 4.79 Å². The number of halogens is 1. The molecule has 0 spiro atoms. The maximum Gasteiger partial charge on any atom is 0.345 e. The maximum atomic E-state index is 13.1. The van der Waals surface area contributed by atoms with Gasteiger partial charge in [-0.2, -0.15) is 0 Å². The van der Waals surface area contributed by atoms with Gasteiger partial charge in [0.15, 0.2) is 6.61 Å². The van der Waals surface area contributed by atoms with Crippen molar-refractivity contribution < 1.29 is 23.5 Å². The molecule has 1 atom stereocenters. The van der Waals surface area contributed by atoms with E-state index < -0.39 is 23.8 Å². The van der Waals surface area contributed by atoms with Crippen LogP contribution in [-0.4, -0.2) is 18.5 Å². The fourth-order valence-electron chi connectivity index (χ4n) is 2.77. The van der Waals surface area contributed by atoms with E-state index in [2.05, 4.69) is 5.32 Å². The summed E-state index contributed by atoms with van der Waals surface area (Å²) in [5, 5.41) is 2.64. The Labute approximate surface area is 174 Å². The van der Waals surface area contributed by atoms with E-state index in [1.807, 2.05) is 19.1 Å². The molecule has 0 saturated carbocycles. The summed E-state index contributed by atoms with van der Waals surface area (Å²) in [7, 11) is 0. The Kier molecular flexibility index (Phi) is 7.16. The monoisotopic (exact) mass is 407 g/mol. The van der Waals surface area contributed by atoms with E-state index in [0.29, 0.717) is 17.0 Å². The number of benzene rings is 3. The fraction of sp³-hybridized carbons (Fsp3) is 0.167. The van der Waals surface area contributed by atoms with Crippen LogP contribution < -0.4 is 10.1 Å². The molecule has 30 heavy (non-hydrogen) atoms. The molecule has 0 bridgehead atoms. The average Bonchev–Trinajstić information content (AvgIpc) is 2.78. The molecule has 0 fully saturated rings. The van der Waals surface area contributed by atoms with Gasteiger partial charge in [0.05, 0.1) is 0 Å². The number of carbonyl (C=O) groups is 2. The topological polar surface area (TPSA) is 64.6 Å². The van der Waals surface area contributed by atoms with Gasteiger partial charge in [0.25, 0.3) is 5.91 Å². The van der Waals surface area contributed by atoms with E-state index >= 15 is 0 Å². The van der Waals surface area contributed by atoms with Gasteiger partial charge in [0.1, 0.15) is 11.6 Å². The summed E-state index contributed by atoms with van der Waals surface area (Å²) in [5.74, 6) is -1.11. The molecule has 0 aromatic heterocycles. The Morgan fingerprint density at radius 2 is 1.60 bits per heavy atom. The molecule has 5 nitrogen and oxygen atoms in total. The lowest BCUT2D eigenvalue weighted by Crippen LogP contribution is -2.28. The Morgan fingerprint density at radius 1 is 0.933 bits per heavy atom. The molecule has 1 N–H and O–H groups in total. The van der Waals surface area contributed by atoms with Gasteiger partial charge in [-0.1, -0.05) is 49.4 Å². The highest BCUT2D eigenvalue weighted by atomic mass is 19.1. The largest absolute Gasteiger partial charge is 0.482 e. The second-order valence-electron chi connectivity index (χ2n) is 6.56. The van der Waals surface area contributed by atoms with Crippen molar-refractivity contribution in [3.05, 3.63) is 95.8 Å². The third kappa shape index (κ3) is 5.91. The number of aryl methyl sites for hydroxylation is 1. The van der Waals surface area contributed by atoms with E-state index in [1.54, 1.807) is 42.5 Å². The van der Waals surface area contributed by atoms with Crippen molar-refractivity contribution in [1.29, 1.82) is 0 Å². The predicted molar refractivity (Wildman–Crippen MR) is 112 cm³/mol. The molecular weight excluding hydrogens is 385 g/mol. The molecule has 3 aromatic carbocycles. The molecule has 1 amide bonds. The van der Waals surface area contributed by atoms with E-state index in [4.69, 9.17) is 9.47 Å². The Morgan fingerprint density at radius 3 is 2.23 bits per heavy atom. The number of rotatable bonds is 8. The van der Waals surface area contributed by atoms with E-state index in [0.717, 1.165) is 12.0 Å². The number of nitrogens with one attached hydrogen (secondary N) is 1. The highest BCUT2D eigenvalue weighted by Gasteiger charge is 2.25. The second kappa shape index (κ2) is 10.2. The smallest absolute Gasteiger partial charge is 0.345 e. The molecule has 0 unspecified atom stereocenters. The van der Waals surface area contributed by atoms with Crippen LogP contribution in [0, 0.1) is 5.82 Å². The number of esters is 1. The minimum absolute atomic E-state index is 0.335. The van der Waals surface area contributed by atoms with Crippen LogP contribution in [0.25, 0.3) is 0 Å². The molecule has 0 radical (unpaired) electrons. The Bertz CT molecular complexity index is 972. The van der Waals surface area contributed by atoms with Crippen LogP contribution in [-0.2, 0) is 20.7 Å². The summed E-state index contributed by atoms with van der Waals surface area (Å²) < 4.78 is 24.0. The fourth-order valence-corrected chi connectivity index (χ4v) is 2.77. The molecule has 0 aliphatic heterocycles. The number of carbonyl (C=O) groups excluding carboxylic acids is 2. The first-order chi connectivity index (χ1) is 14.5. The Balaban J connectivity index is 1.66. The molecule has 3 rings (SSSR count). The van der Waals surface area contributed by atoms with Crippen molar-refractivity contribution in [2.45, 2.75) is 19.4 Å². The number of anilines is 1. The first-order valence-corrected chi connectivity index (χ1v) is 9.57. The van der Waals surface area contributed by atoms with E-state index in [9.17, 15) is 14.0 Å². The zero-order chi connectivity index (χ0) is 21.3. The van der Waals surface area contributed by atoms with Gasteiger partial charge < -0.3 is 14.8 Å². The quantitative estimate of drug-likeness (QED) is 0.550. The molecule has 0 heterocycles. The summed E-state index contributed by atoms with van der Waals surface area (Å²) >= 11 is 0. The van der Waals surface area contributed by atoms with E-state index in [-0.39, 0.29) is 6.61 Å². The number of ether oxygens (including phenoxy) is 2. The Hall–Kier alpha value is -3.67. The van der Waals surface area contributed by atoms with E-state index in [1.165, 1.54) is 24.3 Å². The van der Waals surface area contributed by atoms with Crippen molar-refractivity contribution in [3.8, 4) is 5.75 Å². The van der Waals surface area contributed by atoms with Gasteiger partial charge >= 0.3 is 5.97 Å². The van der Waals surface area contributed by atoms with Crippen LogP contribution >= 0.6 is 0 Å². The lowest BCUT2D eigenvalue weighted by atomic mass is 10.1. The molecule has 0 aliphatic carbocycles. The molecule has 0 saturated heterocycles. The SMILES string of the molecule is CCc1ccc(OCC(=O)O[C@@H](C(=O)Nc2ccc(F)cc2)c2ccccc2)cc1. The summed E-state index contributed by atoms with van der Waals surface area (Å²) in [4.78, 5) is 25.1. The van der Waals surface area contributed by atoms with Crippen molar-refractivity contribution >= 4 is 17.6 Å². The van der Waals surface area contributed by atoms with Gasteiger partial charge in [-0.15, -0.1) is 0 Å². The average molecular weight is 407 g/mol. The summed E-state index contributed by atoms with van der Waals surface area (Å²) in [6.07, 6.45) is -0.264. The zero-order valence-corrected chi connectivity index (χ0v) is 16.5. The van der Waals surface area contributed by atoms with Crippen LogP contribution in [0.3, 0.4) is 0 Å².